The summed E-state index contributed by atoms with van der Waals surface area (Å²) in [5.74, 6) is 0.326. The van der Waals surface area contributed by atoms with Crippen molar-refractivity contribution in [2.24, 2.45) is 0 Å². The summed E-state index contributed by atoms with van der Waals surface area (Å²) in [6, 6.07) is 11.7. The summed E-state index contributed by atoms with van der Waals surface area (Å²) in [5, 5.41) is 6.54. The normalized spacial score (nSPS) is 10.3. The highest BCUT2D eigenvalue weighted by molar-refractivity contribution is 7.80. The zero-order valence-corrected chi connectivity index (χ0v) is 16.4. The molecule has 0 bridgehead atoms. The predicted molar refractivity (Wildman–Crippen MR) is 109 cm³/mol. The number of anilines is 1. The molecule has 0 aliphatic rings. The Morgan fingerprint density at radius 3 is 2.35 bits per heavy atom. The van der Waals surface area contributed by atoms with E-state index in [1.54, 1.807) is 42.5 Å². The molecule has 0 radical (unpaired) electrons. The largest absolute Gasteiger partial charge is 0.491 e. The Hall–Kier alpha value is -1.86. The van der Waals surface area contributed by atoms with Gasteiger partial charge in [0.1, 0.15) is 12.4 Å². The number of ether oxygens (including phenoxy) is 2. The second-order valence-corrected chi connectivity index (χ2v) is 6.42. The van der Waals surface area contributed by atoms with Gasteiger partial charge in [0, 0.05) is 27.9 Å². The van der Waals surface area contributed by atoms with Crippen LogP contribution in [-0.2, 0) is 4.74 Å². The zero-order chi connectivity index (χ0) is 18.9. The molecule has 0 saturated carbocycles. The van der Waals surface area contributed by atoms with Crippen LogP contribution in [0.25, 0.3) is 0 Å². The van der Waals surface area contributed by atoms with E-state index in [4.69, 9.17) is 44.9 Å². The standard InChI is InChI=1S/C18H18Cl2N2O3S/c1-2-24-7-8-25-16-5-3-12(4-6-16)17(23)22-18(26)21-15-10-13(19)9-14(20)11-15/h3-6,9-11H,2,7-8H2,1H3,(H2,21,22,23,26). The molecule has 0 spiro atoms. The molecule has 26 heavy (non-hydrogen) atoms. The Kier molecular flexibility index (Phi) is 8.12. The van der Waals surface area contributed by atoms with Crippen LogP contribution in [0.4, 0.5) is 5.69 Å². The number of amides is 1. The molecule has 5 nitrogen and oxygen atoms in total. The van der Waals surface area contributed by atoms with Gasteiger partial charge in [0.05, 0.1) is 6.61 Å². The van der Waals surface area contributed by atoms with Crippen LogP contribution < -0.4 is 15.4 Å². The Morgan fingerprint density at radius 2 is 1.73 bits per heavy atom. The van der Waals surface area contributed by atoms with Gasteiger partial charge >= 0.3 is 0 Å². The van der Waals surface area contributed by atoms with Crippen LogP contribution in [0.15, 0.2) is 42.5 Å². The highest BCUT2D eigenvalue weighted by Gasteiger charge is 2.09. The first kappa shape index (κ1) is 20.5. The fourth-order valence-corrected chi connectivity index (χ4v) is 2.77. The smallest absolute Gasteiger partial charge is 0.257 e. The molecular weight excluding hydrogens is 395 g/mol. The Labute approximate surface area is 167 Å². The molecule has 2 aromatic carbocycles. The van der Waals surface area contributed by atoms with Gasteiger partial charge in [0.2, 0.25) is 0 Å². The summed E-state index contributed by atoms with van der Waals surface area (Å²) >= 11 is 17.0. The third kappa shape index (κ3) is 6.80. The van der Waals surface area contributed by atoms with Crippen LogP contribution in [0.5, 0.6) is 5.75 Å². The molecule has 0 atom stereocenters. The number of rotatable bonds is 7. The molecule has 8 heteroatoms. The van der Waals surface area contributed by atoms with Gasteiger partial charge in [-0.25, -0.2) is 0 Å². The minimum absolute atomic E-state index is 0.144. The first-order chi connectivity index (χ1) is 12.5. The molecule has 0 unspecified atom stereocenters. The van der Waals surface area contributed by atoms with E-state index in [1.165, 1.54) is 0 Å². The molecule has 0 saturated heterocycles. The minimum Gasteiger partial charge on any atom is -0.491 e. The van der Waals surface area contributed by atoms with Crippen molar-refractivity contribution in [1.82, 2.24) is 5.32 Å². The van der Waals surface area contributed by atoms with Gasteiger partial charge < -0.3 is 14.8 Å². The van der Waals surface area contributed by atoms with E-state index < -0.39 is 0 Å². The van der Waals surface area contributed by atoms with Crippen molar-refractivity contribution in [3.05, 3.63) is 58.1 Å². The van der Waals surface area contributed by atoms with Gasteiger partial charge in [-0.05, 0) is 61.6 Å². The highest BCUT2D eigenvalue weighted by atomic mass is 35.5. The molecule has 0 aliphatic carbocycles. The monoisotopic (exact) mass is 412 g/mol. The average molecular weight is 413 g/mol. The van der Waals surface area contributed by atoms with Gasteiger partial charge in [-0.3, -0.25) is 10.1 Å². The Bertz CT molecular complexity index is 749. The van der Waals surface area contributed by atoms with Crippen molar-refractivity contribution in [2.75, 3.05) is 25.1 Å². The fourth-order valence-electron chi connectivity index (χ4n) is 2.03. The molecular formula is C18H18Cl2N2O3S. The number of halogens is 2. The van der Waals surface area contributed by atoms with Crippen molar-refractivity contribution in [2.45, 2.75) is 6.92 Å². The second-order valence-electron chi connectivity index (χ2n) is 5.14. The van der Waals surface area contributed by atoms with Crippen LogP contribution >= 0.6 is 35.4 Å². The predicted octanol–water partition coefficient (Wildman–Crippen LogP) is 4.54. The molecule has 1 amide bonds. The fraction of sp³-hybridized carbons (Fsp3) is 0.222. The number of nitrogens with one attached hydrogen (secondary N) is 2. The number of hydrogen-bond acceptors (Lipinski definition) is 4. The zero-order valence-electron chi connectivity index (χ0n) is 14.1. The van der Waals surface area contributed by atoms with Gasteiger partial charge in [0.25, 0.3) is 5.91 Å². The van der Waals surface area contributed by atoms with E-state index in [1.807, 2.05) is 6.92 Å². The number of benzene rings is 2. The van der Waals surface area contributed by atoms with Crippen molar-refractivity contribution in [3.8, 4) is 5.75 Å². The maximum atomic E-state index is 12.2. The van der Waals surface area contributed by atoms with Crippen molar-refractivity contribution >= 4 is 52.1 Å². The van der Waals surface area contributed by atoms with Crippen molar-refractivity contribution < 1.29 is 14.3 Å². The molecule has 0 fully saturated rings. The Balaban J connectivity index is 1.87. The summed E-state index contributed by atoms with van der Waals surface area (Å²) in [4.78, 5) is 12.2. The average Bonchev–Trinajstić information content (AvgIpc) is 2.58. The lowest BCUT2D eigenvalue weighted by atomic mass is 10.2. The number of hydrogen-bond donors (Lipinski definition) is 2. The SMILES string of the molecule is CCOCCOc1ccc(C(=O)NC(=S)Nc2cc(Cl)cc(Cl)c2)cc1. The lowest BCUT2D eigenvalue weighted by Gasteiger charge is -2.11. The van der Waals surface area contributed by atoms with E-state index in [9.17, 15) is 4.79 Å². The summed E-state index contributed by atoms with van der Waals surface area (Å²) in [5.41, 5.74) is 1.04. The molecule has 2 N–H and O–H groups in total. The van der Waals surface area contributed by atoms with E-state index in [0.717, 1.165) is 0 Å². The summed E-state index contributed by atoms with van der Waals surface area (Å²) in [6.45, 7) is 3.55. The number of carbonyl (C=O) groups is 1. The van der Waals surface area contributed by atoms with Gasteiger partial charge in [0.15, 0.2) is 5.11 Å². The molecule has 2 aromatic rings. The van der Waals surface area contributed by atoms with Gasteiger partial charge in [-0.2, -0.15) is 0 Å². The number of thiocarbonyl (C=S) groups is 1. The van der Waals surface area contributed by atoms with Crippen molar-refractivity contribution in [3.63, 3.8) is 0 Å². The van der Waals surface area contributed by atoms with Crippen LogP contribution in [-0.4, -0.2) is 30.8 Å². The molecule has 0 heterocycles. The molecule has 0 aromatic heterocycles. The van der Waals surface area contributed by atoms with E-state index in [2.05, 4.69) is 10.6 Å². The van der Waals surface area contributed by atoms with E-state index in [0.29, 0.717) is 46.9 Å². The maximum absolute atomic E-state index is 12.2. The Morgan fingerprint density at radius 1 is 1.08 bits per heavy atom. The topological polar surface area (TPSA) is 59.6 Å². The summed E-state index contributed by atoms with van der Waals surface area (Å²) in [7, 11) is 0. The quantitative estimate of drug-likeness (QED) is 0.516. The summed E-state index contributed by atoms with van der Waals surface area (Å²) < 4.78 is 10.7. The molecule has 2 rings (SSSR count). The molecule has 0 aliphatic heterocycles. The minimum atomic E-state index is -0.337. The lowest BCUT2D eigenvalue weighted by Crippen LogP contribution is -2.34. The van der Waals surface area contributed by atoms with Crippen LogP contribution in [0.3, 0.4) is 0 Å². The van der Waals surface area contributed by atoms with Crippen LogP contribution in [0.2, 0.25) is 10.0 Å². The lowest BCUT2D eigenvalue weighted by molar-refractivity contribution is 0.0977. The first-order valence-corrected chi connectivity index (χ1v) is 9.03. The van der Waals surface area contributed by atoms with E-state index >= 15 is 0 Å². The van der Waals surface area contributed by atoms with Crippen molar-refractivity contribution in [1.29, 1.82) is 0 Å². The van der Waals surface area contributed by atoms with Crippen LogP contribution in [0, 0.1) is 0 Å². The molecule has 138 valence electrons. The van der Waals surface area contributed by atoms with Gasteiger partial charge in [-0.1, -0.05) is 23.2 Å². The highest BCUT2D eigenvalue weighted by Crippen LogP contribution is 2.22. The third-order valence-electron chi connectivity index (χ3n) is 3.16. The third-order valence-corrected chi connectivity index (χ3v) is 3.81. The van der Waals surface area contributed by atoms with Gasteiger partial charge in [-0.15, -0.1) is 0 Å². The first-order valence-electron chi connectivity index (χ1n) is 7.87. The van der Waals surface area contributed by atoms with E-state index in [-0.39, 0.29) is 11.0 Å². The van der Waals surface area contributed by atoms with Crippen LogP contribution in [0.1, 0.15) is 17.3 Å². The summed E-state index contributed by atoms with van der Waals surface area (Å²) in [6.07, 6.45) is 0. The maximum Gasteiger partial charge on any atom is 0.257 e. The second kappa shape index (κ2) is 10.3. The number of carbonyl (C=O) groups excluding carboxylic acids is 1.